The molecule has 0 aliphatic rings. The van der Waals surface area contributed by atoms with Gasteiger partial charge in [-0.2, -0.15) is 4.98 Å². The van der Waals surface area contributed by atoms with Gasteiger partial charge in [0.05, 0.1) is 20.8 Å². The van der Waals surface area contributed by atoms with E-state index in [2.05, 4.69) is 15.5 Å². The van der Waals surface area contributed by atoms with Crippen molar-refractivity contribution in [1.29, 1.82) is 0 Å². The van der Waals surface area contributed by atoms with Gasteiger partial charge in [0.15, 0.2) is 6.10 Å². The van der Waals surface area contributed by atoms with Crippen molar-refractivity contribution in [3.63, 3.8) is 0 Å². The lowest BCUT2D eigenvalue weighted by Crippen LogP contribution is -2.36. The molecule has 0 spiro atoms. The highest BCUT2D eigenvalue weighted by Gasteiger charge is 2.16. The largest absolute Gasteiger partial charge is 0.497 e. The first-order chi connectivity index (χ1) is 13.6. The molecule has 0 saturated carbocycles. The van der Waals surface area contributed by atoms with Gasteiger partial charge in [-0.15, -0.1) is 0 Å². The Morgan fingerprint density at radius 3 is 2.50 bits per heavy atom. The standard InChI is InChI=1S/C20H21N3O5/c1-13(27-17-6-4-5-16(11-17)26-3)20(24)21-12-18-22-19(23-28-18)14-7-9-15(25-2)10-8-14/h4-11,13H,12H2,1-3H3,(H,21,24)/t13-/m0/s1. The first kappa shape index (κ1) is 19.2. The molecule has 146 valence electrons. The summed E-state index contributed by atoms with van der Waals surface area (Å²) in [6.07, 6.45) is -0.698. The number of nitrogens with zero attached hydrogens (tertiary/aromatic N) is 2. The maximum Gasteiger partial charge on any atom is 0.261 e. The van der Waals surface area contributed by atoms with Gasteiger partial charge >= 0.3 is 0 Å². The van der Waals surface area contributed by atoms with Crippen LogP contribution in [0.25, 0.3) is 11.4 Å². The van der Waals surface area contributed by atoms with E-state index in [0.29, 0.717) is 23.2 Å². The van der Waals surface area contributed by atoms with E-state index in [0.717, 1.165) is 11.3 Å². The van der Waals surface area contributed by atoms with Crippen LogP contribution in [-0.2, 0) is 11.3 Å². The number of ether oxygens (including phenoxy) is 3. The zero-order valence-corrected chi connectivity index (χ0v) is 15.8. The van der Waals surface area contributed by atoms with Gasteiger partial charge in [0.2, 0.25) is 11.7 Å². The fraction of sp³-hybridized carbons (Fsp3) is 0.250. The van der Waals surface area contributed by atoms with Crippen molar-refractivity contribution in [2.45, 2.75) is 19.6 Å². The van der Waals surface area contributed by atoms with Crippen LogP contribution in [0.1, 0.15) is 12.8 Å². The third-order valence-electron chi connectivity index (χ3n) is 3.95. The van der Waals surface area contributed by atoms with Gasteiger partial charge in [0.25, 0.3) is 5.91 Å². The van der Waals surface area contributed by atoms with Crippen LogP contribution in [0.5, 0.6) is 17.2 Å². The number of methoxy groups -OCH3 is 2. The van der Waals surface area contributed by atoms with Gasteiger partial charge in [0.1, 0.15) is 17.2 Å². The highest BCUT2D eigenvalue weighted by atomic mass is 16.5. The molecule has 0 aliphatic heterocycles. The summed E-state index contributed by atoms with van der Waals surface area (Å²) < 4.78 is 21.1. The molecule has 0 saturated heterocycles. The van der Waals surface area contributed by atoms with Crippen LogP contribution in [-0.4, -0.2) is 36.4 Å². The monoisotopic (exact) mass is 383 g/mol. The lowest BCUT2D eigenvalue weighted by atomic mass is 10.2. The maximum atomic E-state index is 12.3. The lowest BCUT2D eigenvalue weighted by Gasteiger charge is -2.14. The zero-order valence-electron chi connectivity index (χ0n) is 15.8. The second-order valence-corrected chi connectivity index (χ2v) is 5.90. The summed E-state index contributed by atoms with van der Waals surface area (Å²) >= 11 is 0. The van der Waals surface area contributed by atoms with Gasteiger partial charge in [-0.1, -0.05) is 11.2 Å². The molecule has 1 heterocycles. The van der Waals surface area contributed by atoms with Crippen LogP contribution < -0.4 is 19.5 Å². The number of carbonyl (C=O) groups is 1. The van der Waals surface area contributed by atoms with Crippen LogP contribution in [0.3, 0.4) is 0 Å². The summed E-state index contributed by atoms with van der Waals surface area (Å²) in [5.41, 5.74) is 0.789. The van der Waals surface area contributed by atoms with Gasteiger partial charge in [-0.3, -0.25) is 4.79 Å². The molecule has 2 aromatic carbocycles. The fourth-order valence-electron chi connectivity index (χ4n) is 2.42. The Balaban J connectivity index is 1.54. The van der Waals surface area contributed by atoms with Crippen molar-refractivity contribution >= 4 is 5.91 Å². The van der Waals surface area contributed by atoms with Crippen LogP contribution >= 0.6 is 0 Å². The Bertz CT molecular complexity index is 924. The molecule has 1 aromatic heterocycles. The summed E-state index contributed by atoms with van der Waals surface area (Å²) in [7, 11) is 3.17. The van der Waals surface area contributed by atoms with Crippen molar-refractivity contribution in [2.75, 3.05) is 14.2 Å². The van der Waals surface area contributed by atoms with Gasteiger partial charge in [0, 0.05) is 11.6 Å². The van der Waals surface area contributed by atoms with Crippen molar-refractivity contribution in [2.24, 2.45) is 0 Å². The van der Waals surface area contributed by atoms with E-state index in [1.807, 2.05) is 24.3 Å². The predicted molar refractivity (Wildman–Crippen MR) is 101 cm³/mol. The summed E-state index contributed by atoms with van der Waals surface area (Å²) in [4.78, 5) is 16.5. The van der Waals surface area contributed by atoms with Crippen molar-refractivity contribution < 1.29 is 23.5 Å². The Morgan fingerprint density at radius 1 is 1.07 bits per heavy atom. The van der Waals surface area contributed by atoms with Crippen LogP contribution in [0.2, 0.25) is 0 Å². The number of aromatic nitrogens is 2. The normalized spacial score (nSPS) is 11.5. The molecule has 1 atom stereocenters. The lowest BCUT2D eigenvalue weighted by molar-refractivity contribution is -0.127. The molecule has 0 bridgehead atoms. The molecule has 1 amide bonds. The quantitative estimate of drug-likeness (QED) is 0.639. The second-order valence-electron chi connectivity index (χ2n) is 5.90. The van der Waals surface area contributed by atoms with Crippen molar-refractivity contribution in [1.82, 2.24) is 15.5 Å². The van der Waals surface area contributed by atoms with E-state index >= 15 is 0 Å². The van der Waals surface area contributed by atoms with E-state index in [1.165, 1.54) is 0 Å². The van der Waals surface area contributed by atoms with Crippen LogP contribution in [0.4, 0.5) is 0 Å². The van der Waals surface area contributed by atoms with E-state index in [-0.39, 0.29) is 12.5 Å². The third kappa shape index (κ3) is 4.79. The minimum Gasteiger partial charge on any atom is -0.497 e. The molecule has 8 heteroatoms. The summed E-state index contributed by atoms with van der Waals surface area (Å²) in [5.74, 6) is 2.38. The molecule has 3 rings (SSSR count). The van der Waals surface area contributed by atoms with Crippen molar-refractivity contribution in [3.8, 4) is 28.6 Å². The number of rotatable bonds is 8. The molecule has 28 heavy (non-hydrogen) atoms. The highest BCUT2D eigenvalue weighted by molar-refractivity contribution is 5.80. The Morgan fingerprint density at radius 2 is 1.79 bits per heavy atom. The third-order valence-corrected chi connectivity index (χ3v) is 3.95. The predicted octanol–water partition coefficient (Wildman–Crippen LogP) is 2.84. The SMILES string of the molecule is COc1ccc(-c2noc(CNC(=O)[C@H](C)Oc3cccc(OC)c3)n2)cc1. The fourth-order valence-corrected chi connectivity index (χ4v) is 2.42. The van der Waals surface area contributed by atoms with E-state index in [9.17, 15) is 4.79 Å². The zero-order chi connectivity index (χ0) is 19.9. The second kappa shape index (κ2) is 8.90. The Kier molecular flexibility index (Phi) is 6.11. The maximum absolute atomic E-state index is 12.3. The van der Waals surface area contributed by atoms with Crippen molar-refractivity contribution in [3.05, 3.63) is 54.4 Å². The minimum atomic E-state index is -0.698. The molecule has 1 N–H and O–H groups in total. The Labute approximate surface area is 162 Å². The van der Waals surface area contributed by atoms with Gasteiger partial charge in [-0.25, -0.2) is 0 Å². The summed E-state index contributed by atoms with van der Waals surface area (Å²) in [6.45, 7) is 1.76. The summed E-state index contributed by atoms with van der Waals surface area (Å²) in [6, 6.07) is 14.3. The average molecular weight is 383 g/mol. The first-order valence-electron chi connectivity index (χ1n) is 8.64. The average Bonchev–Trinajstić information content (AvgIpc) is 3.21. The molecule has 3 aromatic rings. The molecule has 0 fully saturated rings. The van der Waals surface area contributed by atoms with Gasteiger partial charge < -0.3 is 24.1 Å². The topological polar surface area (TPSA) is 95.7 Å². The van der Waals surface area contributed by atoms with Crippen LogP contribution in [0.15, 0.2) is 53.1 Å². The van der Waals surface area contributed by atoms with E-state index in [1.54, 1.807) is 45.4 Å². The number of nitrogens with one attached hydrogen (secondary N) is 1. The Hall–Kier alpha value is -3.55. The number of benzene rings is 2. The molecular formula is C20H21N3O5. The number of hydrogen-bond donors (Lipinski definition) is 1. The molecule has 0 unspecified atom stereocenters. The summed E-state index contributed by atoms with van der Waals surface area (Å²) in [5, 5.41) is 6.65. The van der Waals surface area contributed by atoms with E-state index in [4.69, 9.17) is 18.7 Å². The minimum absolute atomic E-state index is 0.105. The smallest absolute Gasteiger partial charge is 0.261 e. The molecule has 0 radical (unpaired) electrons. The number of amides is 1. The van der Waals surface area contributed by atoms with Crippen LogP contribution in [0, 0.1) is 0 Å². The molecule has 0 aliphatic carbocycles. The first-order valence-corrected chi connectivity index (χ1v) is 8.64. The van der Waals surface area contributed by atoms with E-state index < -0.39 is 6.10 Å². The number of carbonyl (C=O) groups excluding carboxylic acids is 1. The molecule has 8 nitrogen and oxygen atoms in total. The number of hydrogen-bond acceptors (Lipinski definition) is 7. The molecular weight excluding hydrogens is 362 g/mol. The van der Waals surface area contributed by atoms with Gasteiger partial charge in [-0.05, 0) is 43.3 Å². The highest BCUT2D eigenvalue weighted by Crippen LogP contribution is 2.21.